The minimum atomic E-state index is -2.87. The van der Waals surface area contributed by atoms with Crippen LogP contribution in [0.4, 0.5) is 4.39 Å². The van der Waals surface area contributed by atoms with Gasteiger partial charge in [0.2, 0.25) is 6.41 Å². The highest BCUT2D eigenvalue weighted by Crippen LogP contribution is 2.29. The van der Waals surface area contributed by atoms with Gasteiger partial charge in [-0.25, -0.2) is 12.8 Å². The van der Waals surface area contributed by atoms with Crippen LogP contribution in [0.2, 0.25) is 5.02 Å². The zero-order chi connectivity index (χ0) is 24.1. The summed E-state index contributed by atoms with van der Waals surface area (Å²) >= 11 is 5.80. The van der Waals surface area contributed by atoms with Crippen molar-refractivity contribution in [2.24, 2.45) is 5.73 Å². The first-order valence-electron chi connectivity index (χ1n) is 9.91. The second-order valence-corrected chi connectivity index (χ2v) is 10.1. The van der Waals surface area contributed by atoms with E-state index < -0.39 is 21.6 Å². The quantitative estimate of drug-likeness (QED) is 0.482. The van der Waals surface area contributed by atoms with E-state index in [0.29, 0.717) is 54.9 Å². The molecule has 1 fully saturated rings. The van der Waals surface area contributed by atoms with Crippen molar-refractivity contribution in [1.29, 1.82) is 0 Å². The van der Waals surface area contributed by atoms with Crippen molar-refractivity contribution in [2.45, 2.75) is 44.1 Å². The van der Waals surface area contributed by atoms with Crippen molar-refractivity contribution in [2.75, 3.05) is 13.3 Å². The molecule has 0 radical (unpaired) electrons. The summed E-state index contributed by atoms with van der Waals surface area (Å²) < 4.78 is 36.7. The van der Waals surface area contributed by atoms with Crippen LogP contribution in [0.15, 0.2) is 18.2 Å². The Kier molecular flexibility index (Phi) is 8.76. The van der Waals surface area contributed by atoms with Gasteiger partial charge in [0.25, 0.3) is 5.91 Å². The number of nitrogens with zero attached hydrogens (tertiary/aromatic N) is 2. The van der Waals surface area contributed by atoms with Gasteiger partial charge in [-0.3, -0.25) is 14.3 Å². The molecule has 176 valence electrons. The number of aryl methyl sites for hydroxylation is 1. The zero-order valence-electron chi connectivity index (χ0n) is 18.1. The zero-order valence-corrected chi connectivity index (χ0v) is 19.6. The normalized spacial score (nSPS) is 17.7. The lowest BCUT2D eigenvalue weighted by atomic mass is 9.93. The molecular weight excluding hydrogens is 461 g/mol. The number of hydrogen-bond acceptors (Lipinski definition) is 6. The molecule has 3 rings (SSSR count). The number of nitrogens with one attached hydrogen (secondary N) is 2. The molecule has 1 aromatic carbocycles. The predicted molar refractivity (Wildman–Crippen MR) is 120 cm³/mol. The summed E-state index contributed by atoms with van der Waals surface area (Å²) in [6, 6.07) is 4.28. The van der Waals surface area contributed by atoms with Gasteiger partial charge in [0.15, 0.2) is 0 Å². The van der Waals surface area contributed by atoms with E-state index in [1.165, 1.54) is 24.5 Å². The first kappa shape index (κ1) is 25.8. The second-order valence-electron chi connectivity index (χ2n) is 7.41. The molecule has 2 amide bonds. The fraction of sp³-hybridized carbons (Fsp3) is 0.450. The third kappa shape index (κ3) is 6.05. The Morgan fingerprint density at radius 1 is 1.41 bits per heavy atom. The summed E-state index contributed by atoms with van der Waals surface area (Å²) in [7, 11) is -1.10. The molecule has 1 aliphatic carbocycles. The molecule has 9 nitrogen and oxygen atoms in total. The molecule has 0 bridgehead atoms. The van der Waals surface area contributed by atoms with E-state index >= 15 is 0 Å². The van der Waals surface area contributed by atoms with Gasteiger partial charge in [-0.15, -0.1) is 0 Å². The van der Waals surface area contributed by atoms with Crippen LogP contribution in [0.3, 0.4) is 0 Å². The number of primary amides is 1. The summed E-state index contributed by atoms with van der Waals surface area (Å²) in [4.78, 5) is 21.7. The summed E-state index contributed by atoms with van der Waals surface area (Å²) in [5, 5.41) is 9.67. The molecule has 0 atom stereocenters. The van der Waals surface area contributed by atoms with Crippen LogP contribution in [0.25, 0.3) is 11.3 Å². The van der Waals surface area contributed by atoms with Crippen LogP contribution >= 0.6 is 11.6 Å². The molecule has 0 unspecified atom stereocenters. The average Bonchev–Trinajstić information content (AvgIpc) is 3.05. The highest BCUT2D eigenvalue weighted by molar-refractivity contribution is 7.91. The van der Waals surface area contributed by atoms with Gasteiger partial charge < -0.3 is 16.4 Å². The Bertz CT molecular complexity index is 1080. The molecule has 1 saturated carbocycles. The molecule has 32 heavy (non-hydrogen) atoms. The van der Waals surface area contributed by atoms with E-state index in [1.807, 2.05) is 6.92 Å². The van der Waals surface area contributed by atoms with Crippen LogP contribution in [0.5, 0.6) is 0 Å². The van der Waals surface area contributed by atoms with Gasteiger partial charge in [0.05, 0.1) is 21.5 Å². The largest absolute Gasteiger partial charge is 0.365 e. The van der Waals surface area contributed by atoms with Gasteiger partial charge in [-0.05, 0) is 45.0 Å². The lowest BCUT2D eigenvalue weighted by Gasteiger charge is -2.33. The van der Waals surface area contributed by atoms with Gasteiger partial charge in [0.1, 0.15) is 21.3 Å². The molecule has 2 aromatic rings. The molecule has 12 heteroatoms. The SMILES string of the molecule is CCn1nc(-c2ccc(F)c(Cl)c2)c(C(N)=O)c1CNC.CS(=O)(=O)C1CC(NC=O)C1. The third-order valence-corrected chi connectivity index (χ3v) is 7.03. The first-order valence-corrected chi connectivity index (χ1v) is 12.2. The molecule has 1 heterocycles. The number of hydrogen-bond donors (Lipinski definition) is 3. The summed E-state index contributed by atoms with van der Waals surface area (Å²) in [5.41, 5.74) is 7.49. The molecule has 0 saturated heterocycles. The van der Waals surface area contributed by atoms with Gasteiger partial charge in [0, 0.05) is 31.0 Å². The number of aromatic nitrogens is 2. The van der Waals surface area contributed by atoms with E-state index in [0.717, 1.165) is 0 Å². The maximum Gasteiger partial charge on any atom is 0.252 e. The Balaban J connectivity index is 0.000000278. The van der Waals surface area contributed by atoms with Gasteiger partial charge in [-0.1, -0.05) is 11.6 Å². The van der Waals surface area contributed by atoms with Crippen molar-refractivity contribution in [3.8, 4) is 11.3 Å². The van der Waals surface area contributed by atoms with Crippen LogP contribution < -0.4 is 16.4 Å². The Morgan fingerprint density at radius 2 is 2.06 bits per heavy atom. The predicted octanol–water partition coefficient (Wildman–Crippen LogP) is 1.49. The fourth-order valence-corrected chi connectivity index (χ4v) is 4.70. The number of halogens is 2. The third-order valence-electron chi connectivity index (χ3n) is 5.14. The van der Waals surface area contributed by atoms with Crippen molar-refractivity contribution in [3.05, 3.63) is 40.3 Å². The molecular formula is C20H27ClFN5O4S. The standard InChI is InChI=1S/C14H16ClFN4O.C6H11NO3S/c1-3-20-11(7-18-2)12(14(17)21)13(19-20)8-4-5-10(16)9(15)6-8;1-11(9,10)6-2-5(3-6)7-4-8/h4-6,18H,3,7H2,1-2H3,(H2,17,21);4-6H,2-3H2,1H3,(H,7,8). The summed E-state index contributed by atoms with van der Waals surface area (Å²) in [6.07, 6.45) is 2.98. The van der Waals surface area contributed by atoms with Crippen molar-refractivity contribution in [3.63, 3.8) is 0 Å². The van der Waals surface area contributed by atoms with Crippen LogP contribution in [0, 0.1) is 5.82 Å². The van der Waals surface area contributed by atoms with Crippen LogP contribution in [0.1, 0.15) is 35.8 Å². The molecule has 1 aromatic heterocycles. The van der Waals surface area contributed by atoms with E-state index in [4.69, 9.17) is 17.3 Å². The highest BCUT2D eigenvalue weighted by atomic mass is 35.5. The monoisotopic (exact) mass is 487 g/mol. The number of nitrogens with two attached hydrogens (primary N) is 1. The topological polar surface area (TPSA) is 136 Å². The summed E-state index contributed by atoms with van der Waals surface area (Å²) in [5.74, 6) is -1.10. The number of rotatable bonds is 8. The molecule has 0 spiro atoms. The number of sulfone groups is 1. The lowest BCUT2D eigenvalue weighted by Crippen LogP contribution is -2.46. The maximum atomic E-state index is 13.3. The Morgan fingerprint density at radius 3 is 2.53 bits per heavy atom. The van der Waals surface area contributed by atoms with Crippen molar-refractivity contribution in [1.82, 2.24) is 20.4 Å². The Hall–Kier alpha value is -2.50. The molecule has 1 aliphatic rings. The lowest BCUT2D eigenvalue weighted by molar-refractivity contribution is -0.110. The number of carbonyl (C=O) groups excluding carboxylic acids is 2. The summed E-state index contributed by atoms with van der Waals surface area (Å²) in [6.45, 7) is 2.96. The number of carbonyl (C=O) groups is 2. The van der Waals surface area contributed by atoms with Crippen LogP contribution in [-0.2, 0) is 27.7 Å². The fourth-order valence-electron chi connectivity index (χ4n) is 3.36. The first-order chi connectivity index (χ1) is 15.0. The van der Waals surface area contributed by atoms with E-state index in [9.17, 15) is 22.4 Å². The minimum absolute atomic E-state index is 0.0239. The molecule has 0 aliphatic heterocycles. The highest BCUT2D eigenvalue weighted by Gasteiger charge is 2.35. The van der Waals surface area contributed by atoms with E-state index in [2.05, 4.69) is 15.7 Å². The van der Waals surface area contributed by atoms with Crippen molar-refractivity contribution < 1.29 is 22.4 Å². The Labute approximate surface area is 191 Å². The van der Waals surface area contributed by atoms with E-state index in [-0.39, 0.29) is 16.3 Å². The van der Waals surface area contributed by atoms with E-state index in [1.54, 1.807) is 11.7 Å². The number of amides is 2. The van der Waals surface area contributed by atoms with Crippen molar-refractivity contribution >= 4 is 33.8 Å². The molecule has 4 N–H and O–H groups in total. The average molecular weight is 488 g/mol. The maximum absolute atomic E-state index is 13.3. The van der Waals surface area contributed by atoms with Gasteiger partial charge >= 0.3 is 0 Å². The van der Waals surface area contributed by atoms with Gasteiger partial charge in [-0.2, -0.15) is 5.10 Å². The van der Waals surface area contributed by atoms with Crippen LogP contribution in [-0.4, -0.2) is 55.1 Å². The smallest absolute Gasteiger partial charge is 0.252 e. The minimum Gasteiger partial charge on any atom is -0.365 e. The second kappa shape index (κ2) is 10.9. The number of benzene rings is 1.